The molecule has 0 aliphatic carbocycles. The molecule has 0 bridgehead atoms. The lowest BCUT2D eigenvalue weighted by atomic mass is 10.3. The first-order valence-corrected chi connectivity index (χ1v) is 3.64. The van der Waals surface area contributed by atoms with Gasteiger partial charge in [0.2, 0.25) is 0 Å². The molecule has 0 aromatic carbocycles. The van der Waals surface area contributed by atoms with E-state index in [4.69, 9.17) is 22.5 Å². The SMILES string of the molecule is Cc1ccc(Cl)c(/C(N)=N\O)n1. The largest absolute Gasteiger partial charge is 0.409 e. The van der Waals surface area contributed by atoms with Gasteiger partial charge >= 0.3 is 0 Å². The Hall–Kier alpha value is -1.29. The number of rotatable bonds is 1. The van der Waals surface area contributed by atoms with Gasteiger partial charge < -0.3 is 10.9 Å². The fourth-order valence-corrected chi connectivity index (χ4v) is 0.969. The molecule has 0 saturated heterocycles. The summed E-state index contributed by atoms with van der Waals surface area (Å²) in [4.78, 5) is 4.00. The summed E-state index contributed by atoms with van der Waals surface area (Å²) in [5.41, 5.74) is 6.39. The van der Waals surface area contributed by atoms with Crippen molar-refractivity contribution in [3.8, 4) is 0 Å². The number of hydrogen-bond acceptors (Lipinski definition) is 3. The van der Waals surface area contributed by atoms with E-state index in [0.29, 0.717) is 10.7 Å². The van der Waals surface area contributed by atoms with Crippen LogP contribution in [0.25, 0.3) is 0 Å². The number of nitrogens with two attached hydrogens (primary N) is 1. The minimum Gasteiger partial charge on any atom is -0.409 e. The number of hydrogen-bond donors (Lipinski definition) is 2. The Kier molecular flexibility index (Phi) is 2.50. The van der Waals surface area contributed by atoms with Gasteiger partial charge in [-0.25, -0.2) is 4.98 Å². The van der Waals surface area contributed by atoms with Gasteiger partial charge in [0.25, 0.3) is 0 Å². The molecule has 0 saturated carbocycles. The Morgan fingerprint density at radius 1 is 1.67 bits per heavy atom. The minimum atomic E-state index is -0.0799. The van der Waals surface area contributed by atoms with Gasteiger partial charge in [0.1, 0.15) is 5.69 Å². The number of pyridine rings is 1. The zero-order valence-corrected chi connectivity index (χ0v) is 7.21. The summed E-state index contributed by atoms with van der Waals surface area (Å²) in [5, 5.41) is 11.5. The van der Waals surface area contributed by atoms with Crippen LogP contribution in [0.5, 0.6) is 0 Å². The summed E-state index contributed by atoms with van der Waals surface area (Å²) < 4.78 is 0. The molecule has 0 amide bonds. The van der Waals surface area contributed by atoms with Crippen LogP contribution in [0, 0.1) is 6.92 Å². The topological polar surface area (TPSA) is 71.5 Å². The second-order valence-corrected chi connectivity index (χ2v) is 2.68. The van der Waals surface area contributed by atoms with Gasteiger partial charge in [-0.05, 0) is 19.1 Å². The van der Waals surface area contributed by atoms with Gasteiger partial charge in [-0.1, -0.05) is 16.8 Å². The number of amidine groups is 1. The molecule has 0 atom stereocenters. The predicted octanol–water partition coefficient (Wildman–Crippen LogP) is 1.14. The molecule has 64 valence electrons. The third kappa shape index (κ3) is 1.65. The Balaban J connectivity index is 3.23. The first-order chi connectivity index (χ1) is 5.65. The molecule has 12 heavy (non-hydrogen) atoms. The molecular formula is C7H8ClN3O. The summed E-state index contributed by atoms with van der Waals surface area (Å²) in [5.74, 6) is -0.0799. The molecule has 1 aromatic rings. The van der Waals surface area contributed by atoms with Gasteiger partial charge in [-0.2, -0.15) is 0 Å². The Labute approximate surface area is 74.7 Å². The van der Waals surface area contributed by atoms with E-state index >= 15 is 0 Å². The quantitative estimate of drug-likeness (QED) is 0.298. The zero-order chi connectivity index (χ0) is 9.14. The van der Waals surface area contributed by atoms with Crippen LogP contribution in [-0.2, 0) is 0 Å². The van der Waals surface area contributed by atoms with Crippen LogP contribution in [0.4, 0.5) is 0 Å². The maximum absolute atomic E-state index is 8.37. The summed E-state index contributed by atoms with van der Waals surface area (Å²) in [7, 11) is 0. The van der Waals surface area contributed by atoms with Crippen LogP contribution in [0.1, 0.15) is 11.4 Å². The highest BCUT2D eigenvalue weighted by molar-refractivity contribution is 6.33. The number of nitrogens with zero attached hydrogens (tertiary/aromatic N) is 2. The minimum absolute atomic E-state index is 0.0799. The van der Waals surface area contributed by atoms with Gasteiger partial charge in [-0.3, -0.25) is 0 Å². The molecule has 0 unspecified atom stereocenters. The van der Waals surface area contributed by atoms with Gasteiger partial charge in [0.15, 0.2) is 5.84 Å². The normalized spacial score (nSPS) is 11.7. The van der Waals surface area contributed by atoms with E-state index in [0.717, 1.165) is 5.69 Å². The molecular weight excluding hydrogens is 178 g/mol. The first kappa shape index (κ1) is 8.80. The standard InChI is InChI=1S/C7H8ClN3O/c1-4-2-3-5(8)6(10-4)7(9)11-12/h2-3,12H,1H3,(H2,9,11). The lowest BCUT2D eigenvalue weighted by Gasteiger charge is -2.01. The third-order valence-corrected chi connectivity index (χ3v) is 1.64. The second kappa shape index (κ2) is 3.40. The third-order valence-electron chi connectivity index (χ3n) is 1.34. The molecule has 4 nitrogen and oxygen atoms in total. The van der Waals surface area contributed by atoms with E-state index in [2.05, 4.69) is 10.1 Å². The Morgan fingerprint density at radius 2 is 2.33 bits per heavy atom. The van der Waals surface area contributed by atoms with Crippen LogP contribution >= 0.6 is 11.6 Å². The monoisotopic (exact) mass is 185 g/mol. The number of aromatic nitrogens is 1. The lowest BCUT2D eigenvalue weighted by Crippen LogP contribution is -2.15. The van der Waals surface area contributed by atoms with Crippen LogP contribution in [0.3, 0.4) is 0 Å². The van der Waals surface area contributed by atoms with Gasteiger partial charge in [-0.15, -0.1) is 0 Å². The van der Waals surface area contributed by atoms with E-state index in [9.17, 15) is 0 Å². The maximum Gasteiger partial charge on any atom is 0.190 e. The van der Waals surface area contributed by atoms with Gasteiger partial charge in [0.05, 0.1) is 5.02 Å². The number of aryl methyl sites for hydroxylation is 1. The fourth-order valence-electron chi connectivity index (χ4n) is 0.767. The van der Waals surface area contributed by atoms with Crippen LogP contribution in [-0.4, -0.2) is 16.0 Å². The van der Waals surface area contributed by atoms with Crippen molar-refractivity contribution in [3.05, 3.63) is 28.5 Å². The van der Waals surface area contributed by atoms with Crippen molar-refractivity contribution in [3.63, 3.8) is 0 Å². The van der Waals surface area contributed by atoms with Crippen LogP contribution in [0.15, 0.2) is 17.3 Å². The van der Waals surface area contributed by atoms with Gasteiger partial charge in [0, 0.05) is 5.69 Å². The zero-order valence-electron chi connectivity index (χ0n) is 6.45. The molecule has 0 spiro atoms. The van der Waals surface area contributed by atoms with E-state index in [1.807, 2.05) is 0 Å². The molecule has 1 rings (SSSR count). The van der Waals surface area contributed by atoms with E-state index in [1.165, 1.54) is 0 Å². The molecule has 1 aromatic heterocycles. The predicted molar refractivity (Wildman–Crippen MR) is 46.5 cm³/mol. The van der Waals surface area contributed by atoms with Crippen molar-refractivity contribution in [1.29, 1.82) is 0 Å². The summed E-state index contributed by atoms with van der Waals surface area (Å²) in [6.45, 7) is 1.80. The highest BCUT2D eigenvalue weighted by Crippen LogP contribution is 2.13. The molecule has 1 heterocycles. The molecule has 0 radical (unpaired) electrons. The van der Waals surface area contributed by atoms with Crippen molar-refractivity contribution >= 4 is 17.4 Å². The number of halogens is 1. The smallest absolute Gasteiger partial charge is 0.190 e. The van der Waals surface area contributed by atoms with Crippen molar-refractivity contribution in [1.82, 2.24) is 4.98 Å². The molecule has 0 aliphatic heterocycles. The lowest BCUT2D eigenvalue weighted by molar-refractivity contribution is 0.318. The van der Waals surface area contributed by atoms with Crippen molar-refractivity contribution in [2.45, 2.75) is 6.92 Å². The fraction of sp³-hybridized carbons (Fsp3) is 0.143. The molecule has 3 N–H and O–H groups in total. The van der Waals surface area contributed by atoms with Crippen LogP contribution in [0.2, 0.25) is 5.02 Å². The average molecular weight is 186 g/mol. The van der Waals surface area contributed by atoms with Crippen LogP contribution < -0.4 is 5.73 Å². The highest BCUT2D eigenvalue weighted by Gasteiger charge is 2.06. The second-order valence-electron chi connectivity index (χ2n) is 2.27. The molecule has 5 heteroatoms. The molecule has 0 aliphatic rings. The summed E-state index contributed by atoms with van der Waals surface area (Å²) in [6.07, 6.45) is 0. The van der Waals surface area contributed by atoms with E-state index < -0.39 is 0 Å². The van der Waals surface area contributed by atoms with Crippen molar-refractivity contribution in [2.75, 3.05) is 0 Å². The Bertz CT molecular complexity index is 324. The maximum atomic E-state index is 8.37. The van der Waals surface area contributed by atoms with E-state index in [1.54, 1.807) is 19.1 Å². The Morgan fingerprint density at radius 3 is 2.92 bits per heavy atom. The number of oxime groups is 1. The van der Waals surface area contributed by atoms with E-state index in [-0.39, 0.29) is 5.84 Å². The first-order valence-electron chi connectivity index (χ1n) is 3.26. The highest BCUT2D eigenvalue weighted by atomic mass is 35.5. The average Bonchev–Trinajstić information content (AvgIpc) is 2.08. The van der Waals surface area contributed by atoms with Crippen molar-refractivity contribution < 1.29 is 5.21 Å². The molecule has 0 fully saturated rings. The summed E-state index contributed by atoms with van der Waals surface area (Å²) >= 11 is 5.74. The van der Waals surface area contributed by atoms with Crippen molar-refractivity contribution in [2.24, 2.45) is 10.9 Å². The summed E-state index contributed by atoms with van der Waals surface area (Å²) in [6, 6.07) is 3.40.